The van der Waals surface area contributed by atoms with E-state index in [4.69, 9.17) is 5.11 Å². The molecule has 0 aliphatic carbocycles. The van der Waals surface area contributed by atoms with Crippen LogP contribution in [0.1, 0.15) is 29.9 Å². The summed E-state index contributed by atoms with van der Waals surface area (Å²) in [6.45, 7) is 5.42. The molecule has 19 heavy (non-hydrogen) atoms. The van der Waals surface area contributed by atoms with Gasteiger partial charge in [0.25, 0.3) is 5.91 Å². The second-order valence-corrected chi connectivity index (χ2v) is 4.48. The normalized spacial score (nSPS) is 11.9. The number of carbonyl (C=O) groups is 2. The molecule has 1 amide bonds. The minimum atomic E-state index is -0.968. The fourth-order valence-electron chi connectivity index (χ4n) is 1.67. The number of aliphatic carboxylic acids is 1. The van der Waals surface area contributed by atoms with Crippen LogP contribution in [-0.2, 0) is 4.79 Å². The number of nitrogens with zero attached hydrogens (tertiary/aromatic N) is 1. The Labute approximate surface area is 111 Å². The summed E-state index contributed by atoms with van der Waals surface area (Å²) in [5.74, 6) is -2.09. The third-order valence-electron chi connectivity index (χ3n) is 2.87. The van der Waals surface area contributed by atoms with Crippen molar-refractivity contribution in [2.24, 2.45) is 5.92 Å². The number of nitrogens with one attached hydrogen (secondary N) is 1. The number of rotatable bonds is 5. The van der Waals surface area contributed by atoms with Crippen molar-refractivity contribution in [3.05, 3.63) is 33.7 Å². The summed E-state index contributed by atoms with van der Waals surface area (Å²) in [4.78, 5) is 38.9. The molecular formula is C13H18N2O4. The van der Waals surface area contributed by atoms with Crippen molar-refractivity contribution in [1.82, 2.24) is 9.88 Å². The average molecular weight is 266 g/mol. The van der Waals surface area contributed by atoms with Crippen LogP contribution in [0, 0.1) is 12.8 Å². The quantitative estimate of drug-likeness (QED) is 0.827. The topological polar surface area (TPSA) is 90.5 Å². The van der Waals surface area contributed by atoms with Crippen molar-refractivity contribution >= 4 is 11.9 Å². The number of aryl methyl sites for hydroxylation is 1. The number of hydrogen-bond acceptors (Lipinski definition) is 3. The molecule has 0 aromatic carbocycles. The third-order valence-corrected chi connectivity index (χ3v) is 2.87. The van der Waals surface area contributed by atoms with Crippen LogP contribution in [0.25, 0.3) is 0 Å². The van der Waals surface area contributed by atoms with Crippen molar-refractivity contribution in [2.45, 2.75) is 20.8 Å². The number of hydrogen-bond donors (Lipinski definition) is 2. The lowest BCUT2D eigenvalue weighted by atomic mass is 10.1. The molecule has 1 atom stereocenters. The molecule has 1 rings (SSSR count). The number of pyridine rings is 1. The van der Waals surface area contributed by atoms with E-state index in [1.807, 2.05) is 0 Å². The summed E-state index contributed by atoms with van der Waals surface area (Å²) in [7, 11) is 0. The number of aromatic amines is 1. The van der Waals surface area contributed by atoms with Crippen LogP contribution in [0.15, 0.2) is 17.1 Å². The van der Waals surface area contributed by atoms with Crippen LogP contribution in [0.5, 0.6) is 0 Å². The Kier molecular flexibility index (Phi) is 4.86. The number of H-pyrrole nitrogens is 1. The highest BCUT2D eigenvalue weighted by Crippen LogP contribution is 2.05. The zero-order valence-electron chi connectivity index (χ0n) is 11.3. The lowest BCUT2D eigenvalue weighted by Crippen LogP contribution is -2.38. The molecule has 6 nitrogen and oxygen atoms in total. The van der Waals surface area contributed by atoms with Crippen molar-refractivity contribution in [3.8, 4) is 0 Å². The van der Waals surface area contributed by atoms with Crippen LogP contribution in [0.4, 0.5) is 0 Å². The Morgan fingerprint density at radius 1 is 1.47 bits per heavy atom. The zero-order valence-corrected chi connectivity index (χ0v) is 11.3. The van der Waals surface area contributed by atoms with Gasteiger partial charge in [0.15, 0.2) is 5.43 Å². The van der Waals surface area contributed by atoms with Gasteiger partial charge in [-0.05, 0) is 13.8 Å². The molecule has 1 aromatic rings. The predicted molar refractivity (Wildman–Crippen MR) is 70.2 cm³/mol. The molecule has 0 radical (unpaired) electrons. The molecular weight excluding hydrogens is 248 g/mol. The van der Waals surface area contributed by atoms with E-state index in [1.165, 1.54) is 24.1 Å². The van der Waals surface area contributed by atoms with E-state index in [0.29, 0.717) is 12.2 Å². The molecule has 0 saturated carbocycles. The second-order valence-electron chi connectivity index (χ2n) is 4.48. The van der Waals surface area contributed by atoms with Crippen molar-refractivity contribution < 1.29 is 14.7 Å². The Balaban J connectivity index is 2.96. The Hall–Kier alpha value is -2.11. The van der Waals surface area contributed by atoms with E-state index in [9.17, 15) is 14.4 Å². The minimum Gasteiger partial charge on any atom is -0.481 e. The van der Waals surface area contributed by atoms with Crippen LogP contribution < -0.4 is 5.43 Å². The standard InChI is InChI=1S/C13H18N2O4/c1-4-15(7-8(2)13(18)19)12(17)10-6-14-9(3)5-11(10)16/h5-6,8H,4,7H2,1-3H3,(H,14,16)(H,18,19). The highest BCUT2D eigenvalue weighted by molar-refractivity contribution is 5.94. The molecule has 1 unspecified atom stereocenters. The van der Waals surface area contributed by atoms with Gasteiger partial charge in [-0.2, -0.15) is 0 Å². The predicted octanol–water partition coefficient (Wildman–Crippen LogP) is 0.866. The Morgan fingerprint density at radius 3 is 2.58 bits per heavy atom. The molecule has 0 aliphatic rings. The van der Waals surface area contributed by atoms with Gasteiger partial charge in [-0.25, -0.2) is 0 Å². The maximum Gasteiger partial charge on any atom is 0.308 e. The highest BCUT2D eigenvalue weighted by atomic mass is 16.4. The fraction of sp³-hybridized carbons (Fsp3) is 0.462. The lowest BCUT2D eigenvalue weighted by Gasteiger charge is -2.22. The molecule has 6 heteroatoms. The summed E-state index contributed by atoms with van der Waals surface area (Å²) >= 11 is 0. The minimum absolute atomic E-state index is 0.0324. The van der Waals surface area contributed by atoms with Gasteiger partial charge >= 0.3 is 5.97 Å². The van der Waals surface area contributed by atoms with Crippen LogP contribution in [0.3, 0.4) is 0 Å². The van der Waals surface area contributed by atoms with Gasteiger partial charge in [0.05, 0.1) is 5.92 Å². The summed E-state index contributed by atoms with van der Waals surface area (Å²) in [5, 5.41) is 8.86. The summed E-state index contributed by atoms with van der Waals surface area (Å²) in [5.41, 5.74) is 0.344. The summed E-state index contributed by atoms with van der Waals surface area (Å²) in [6, 6.07) is 1.35. The first-order valence-electron chi connectivity index (χ1n) is 6.08. The molecule has 1 aromatic heterocycles. The van der Waals surface area contributed by atoms with E-state index >= 15 is 0 Å². The summed E-state index contributed by atoms with van der Waals surface area (Å²) in [6.07, 6.45) is 1.37. The highest BCUT2D eigenvalue weighted by Gasteiger charge is 2.22. The van der Waals surface area contributed by atoms with Crippen LogP contribution in [-0.4, -0.2) is 40.0 Å². The first-order chi connectivity index (χ1) is 8.86. The van der Waals surface area contributed by atoms with Gasteiger partial charge in [0.2, 0.25) is 0 Å². The first kappa shape index (κ1) is 14.9. The molecule has 0 fully saturated rings. The number of amides is 1. The zero-order chi connectivity index (χ0) is 14.6. The molecule has 0 spiro atoms. The smallest absolute Gasteiger partial charge is 0.308 e. The SMILES string of the molecule is CCN(CC(C)C(=O)O)C(=O)c1c[nH]c(C)cc1=O. The number of carboxylic acid groups (broad SMARTS) is 1. The van der Waals surface area contributed by atoms with Gasteiger partial charge in [0.1, 0.15) is 5.56 Å². The monoisotopic (exact) mass is 266 g/mol. The van der Waals surface area contributed by atoms with Crippen LogP contribution in [0.2, 0.25) is 0 Å². The van der Waals surface area contributed by atoms with E-state index in [0.717, 1.165) is 0 Å². The molecule has 0 saturated heterocycles. The second kappa shape index (κ2) is 6.17. The Bertz CT molecular complexity index is 536. The molecule has 0 bridgehead atoms. The fourth-order valence-corrected chi connectivity index (χ4v) is 1.67. The lowest BCUT2D eigenvalue weighted by molar-refractivity contribution is -0.141. The maximum atomic E-state index is 12.2. The summed E-state index contributed by atoms with van der Waals surface area (Å²) < 4.78 is 0. The van der Waals surface area contributed by atoms with E-state index in [-0.39, 0.29) is 17.5 Å². The molecule has 104 valence electrons. The van der Waals surface area contributed by atoms with Crippen LogP contribution >= 0.6 is 0 Å². The largest absolute Gasteiger partial charge is 0.481 e. The average Bonchev–Trinajstić information content (AvgIpc) is 2.34. The van der Waals surface area contributed by atoms with E-state index in [1.54, 1.807) is 13.8 Å². The van der Waals surface area contributed by atoms with Gasteiger partial charge in [-0.15, -0.1) is 0 Å². The molecule has 0 aliphatic heterocycles. The van der Waals surface area contributed by atoms with Gasteiger partial charge < -0.3 is 15.0 Å². The van der Waals surface area contributed by atoms with Crippen molar-refractivity contribution in [3.63, 3.8) is 0 Å². The third kappa shape index (κ3) is 3.67. The van der Waals surface area contributed by atoms with Gasteiger partial charge in [-0.3, -0.25) is 14.4 Å². The maximum absolute atomic E-state index is 12.2. The number of carboxylic acids is 1. The van der Waals surface area contributed by atoms with E-state index in [2.05, 4.69) is 4.98 Å². The van der Waals surface area contributed by atoms with Gasteiger partial charge in [-0.1, -0.05) is 6.92 Å². The molecule has 1 heterocycles. The van der Waals surface area contributed by atoms with Crippen molar-refractivity contribution in [2.75, 3.05) is 13.1 Å². The molecule has 2 N–H and O–H groups in total. The Morgan fingerprint density at radius 2 is 2.11 bits per heavy atom. The van der Waals surface area contributed by atoms with E-state index < -0.39 is 17.8 Å². The number of aromatic nitrogens is 1. The number of carbonyl (C=O) groups excluding carboxylic acids is 1. The van der Waals surface area contributed by atoms with Crippen molar-refractivity contribution in [1.29, 1.82) is 0 Å². The first-order valence-corrected chi connectivity index (χ1v) is 6.08. The van der Waals surface area contributed by atoms with Gasteiger partial charge in [0, 0.05) is 31.0 Å².